The van der Waals surface area contributed by atoms with E-state index >= 15 is 0 Å². The van der Waals surface area contributed by atoms with Crippen LogP contribution >= 0.6 is 11.3 Å². The first-order valence-corrected chi connectivity index (χ1v) is 6.68. The van der Waals surface area contributed by atoms with Crippen LogP contribution in [0.2, 0.25) is 0 Å². The molecule has 0 spiro atoms. The number of nitrogens with zero attached hydrogens (tertiary/aromatic N) is 2. The lowest BCUT2D eigenvalue weighted by Crippen LogP contribution is -2.26. The van der Waals surface area contributed by atoms with Crippen molar-refractivity contribution in [3.63, 3.8) is 0 Å². The second-order valence-corrected chi connectivity index (χ2v) is 5.16. The summed E-state index contributed by atoms with van der Waals surface area (Å²) in [6, 6.07) is 5.73. The van der Waals surface area contributed by atoms with E-state index in [4.69, 9.17) is 0 Å². The lowest BCUT2D eigenvalue weighted by atomic mass is 10.2. The van der Waals surface area contributed by atoms with Gasteiger partial charge in [-0.25, -0.2) is 4.98 Å². The van der Waals surface area contributed by atoms with Gasteiger partial charge >= 0.3 is 0 Å². The SMILES string of the molecule is CC(C)C(=O)NCc1nc(-c2ccccn2)cs1. The average molecular weight is 261 g/mol. The Labute approximate surface area is 110 Å². The molecule has 18 heavy (non-hydrogen) atoms. The average Bonchev–Trinajstić information content (AvgIpc) is 2.85. The van der Waals surface area contributed by atoms with Crippen molar-refractivity contribution in [1.29, 1.82) is 0 Å². The second-order valence-electron chi connectivity index (χ2n) is 4.21. The maximum Gasteiger partial charge on any atom is 0.222 e. The second kappa shape index (κ2) is 5.73. The molecule has 4 nitrogen and oxygen atoms in total. The van der Waals surface area contributed by atoms with Gasteiger partial charge in [-0.05, 0) is 12.1 Å². The van der Waals surface area contributed by atoms with E-state index in [2.05, 4.69) is 15.3 Å². The normalized spacial score (nSPS) is 10.6. The summed E-state index contributed by atoms with van der Waals surface area (Å²) in [5.74, 6) is 0.0461. The van der Waals surface area contributed by atoms with Gasteiger partial charge in [0.15, 0.2) is 0 Å². The van der Waals surface area contributed by atoms with Crippen LogP contribution in [0.15, 0.2) is 29.8 Å². The molecule has 0 bridgehead atoms. The molecular weight excluding hydrogens is 246 g/mol. The third kappa shape index (κ3) is 3.13. The van der Waals surface area contributed by atoms with Crippen molar-refractivity contribution in [2.24, 2.45) is 5.92 Å². The summed E-state index contributed by atoms with van der Waals surface area (Å²) in [6.45, 7) is 4.22. The molecule has 0 radical (unpaired) electrons. The number of hydrogen-bond donors (Lipinski definition) is 1. The first-order valence-electron chi connectivity index (χ1n) is 5.80. The molecule has 0 aliphatic heterocycles. The van der Waals surface area contributed by atoms with Crippen molar-refractivity contribution in [3.8, 4) is 11.4 Å². The van der Waals surface area contributed by atoms with E-state index in [1.807, 2.05) is 37.4 Å². The van der Waals surface area contributed by atoms with E-state index in [0.29, 0.717) is 6.54 Å². The molecule has 2 heterocycles. The Bertz CT molecular complexity index is 522. The van der Waals surface area contributed by atoms with Crippen LogP contribution in [0.4, 0.5) is 0 Å². The number of nitrogens with one attached hydrogen (secondary N) is 1. The van der Waals surface area contributed by atoms with Gasteiger partial charge in [-0.3, -0.25) is 9.78 Å². The van der Waals surface area contributed by atoms with Gasteiger partial charge in [0, 0.05) is 17.5 Å². The van der Waals surface area contributed by atoms with Crippen molar-refractivity contribution in [3.05, 3.63) is 34.8 Å². The summed E-state index contributed by atoms with van der Waals surface area (Å²) >= 11 is 1.53. The van der Waals surface area contributed by atoms with Gasteiger partial charge < -0.3 is 5.32 Å². The number of carbonyl (C=O) groups excluding carboxylic acids is 1. The molecule has 0 aromatic carbocycles. The molecule has 2 aromatic rings. The van der Waals surface area contributed by atoms with Crippen LogP contribution in [0.1, 0.15) is 18.9 Å². The number of aromatic nitrogens is 2. The zero-order chi connectivity index (χ0) is 13.0. The molecule has 94 valence electrons. The van der Waals surface area contributed by atoms with E-state index in [1.54, 1.807) is 6.20 Å². The highest BCUT2D eigenvalue weighted by Gasteiger charge is 2.09. The summed E-state index contributed by atoms with van der Waals surface area (Å²) in [7, 11) is 0. The van der Waals surface area contributed by atoms with E-state index in [9.17, 15) is 4.79 Å². The van der Waals surface area contributed by atoms with Gasteiger partial charge in [0.25, 0.3) is 0 Å². The van der Waals surface area contributed by atoms with Crippen LogP contribution in [-0.2, 0) is 11.3 Å². The Balaban J connectivity index is 2.01. The van der Waals surface area contributed by atoms with Crippen molar-refractivity contribution in [2.75, 3.05) is 0 Å². The van der Waals surface area contributed by atoms with Gasteiger partial charge in [0.2, 0.25) is 5.91 Å². The largest absolute Gasteiger partial charge is 0.349 e. The first kappa shape index (κ1) is 12.7. The smallest absolute Gasteiger partial charge is 0.222 e. The molecule has 5 heteroatoms. The zero-order valence-corrected chi connectivity index (χ0v) is 11.2. The summed E-state index contributed by atoms with van der Waals surface area (Å²) in [6.07, 6.45) is 1.74. The standard InChI is InChI=1S/C13H15N3OS/c1-9(2)13(17)15-7-12-16-11(8-18-12)10-5-3-4-6-14-10/h3-6,8-9H,7H2,1-2H3,(H,15,17). The molecule has 0 saturated heterocycles. The van der Waals surface area contributed by atoms with Gasteiger partial charge in [-0.1, -0.05) is 19.9 Å². The van der Waals surface area contributed by atoms with E-state index in [0.717, 1.165) is 16.4 Å². The molecule has 2 rings (SSSR count). The fraction of sp³-hybridized carbons (Fsp3) is 0.308. The maximum atomic E-state index is 11.4. The monoisotopic (exact) mass is 261 g/mol. The molecule has 1 amide bonds. The third-order valence-corrected chi connectivity index (χ3v) is 3.27. The minimum Gasteiger partial charge on any atom is -0.349 e. The quantitative estimate of drug-likeness (QED) is 0.920. The van der Waals surface area contributed by atoms with Gasteiger partial charge in [-0.15, -0.1) is 11.3 Å². The predicted molar refractivity (Wildman–Crippen MR) is 72.0 cm³/mol. The number of hydrogen-bond acceptors (Lipinski definition) is 4. The Morgan fingerprint density at radius 1 is 1.39 bits per heavy atom. The van der Waals surface area contributed by atoms with Crippen molar-refractivity contribution in [1.82, 2.24) is 15.3 Å². The number of amides is 1. The topological polar surface area (TPSA) is 54.9 Å². The Morgan fingerprint density at radius 3 is 2.89 bits per heavy atom. The lowest BCUT2D eigenvalue weighted by molar-refractivity contribution is -0.124. The minimum absolute atomic E-state index is 0.000206. The van der Waals surface area contributed by atoms with Crippen molar-refractivity contribution < 1.29 is 4.79 Å². The van der Waals surface area contributed by atoms with Crippen LogP contribution in [0.5, 0.6) is 0 Å². The molecule has 1 N–H and O–H groups in total. The molecular formula is C13H15N3OS. The Hall–Kier alpha value is -1.75. The van der Waals surface area contributed by atoms with E-state index in [1.165, 1.54) is 11.3 Å². The fourth-order valence-corrected chi connectivity index (χ4v) is 2.12. The fourth-order valence-electron chi connectivity index (χ4n) is 1.39. The number of pyridine rings is 1. The molecule has 0 saturated carbocycles. The molecule has 2 aromatic heterocycles. The summed E-state index contributed by atoms with van der Waals surface area (Å²) < 4.78 is 0. The van der Waals surface area contributed by atoms with E-state index in [-0.39, 0.29) is 11.8 Å². The summed E-state index contributed by atoms with van der Waals surface area (Å²) in [5.41, 5.74) is 1.71. The molecule has 0 atom stereocenters. The minimum atomic E-state index is 0.000206. The van der Waals surface area contributed by atoms with Gasteiger partial charge in [-0.2, -0.15) is 0 Å². The van der Waals surface area contributed by atoms with Crippen LogP contribution in [0.3, 0.4) is 0 Å². The Morgan fingerprint density at radius 2 is 2.22 bits per heavy atom. The number of carbonyl (C=O) groups is 1. The third-order valence-electron chi connectivity index (χ3n) is 2.42. The zero-order valence-electron chi connectivity index (χ0n) is 10.4. The maximum absolute atomic E-state index is 11.4. The first-order chi connectivity index (χ1) is 8.66. The van der Waals surface area contributed by atoms with Crippen molar-refractivity contribution in [2.45, 2.75) is 20.4 Å². The highest BCUT2D eigenvalue weighted by atomic mass is 32.1. The van der Waals surface area contributed by atoms with Crippen molar-refractivity contribution >= 4 is 17.2 Å². The Kier molecular flexibility index (Phi) is 4.04. The molecule has 0 aliphatic carbocycles. The molecule has 0 fully saturated rings. The highest BCUT2D eigenvalue weighted by molar-refractivity contribution is 7.09. The van der Waals surface area contributed by atoms with Crippen LogP contribution in [-0.4, -0.2) is 15.9 Å². The van der Waals surface area contributed by atoms with Gasteiger partial charge in [0.1, 0.15) is 5.01 Å². The highest BCUT2D eigenvalue weighted by Crippen LogP contribution is 2.19. The lowest BCUT2D eigenvalue weighted by Gasteiger charge is -2.04. The summed E-state index contributed by atoms with van der Waals surface area (Å²) in [4.78, 5) is 20.1. The number of thiazole rings is 1. The predicted octanol–water partition coefficient (Wildman–Crippen LogP) is 2.48. The number of rotatable bonds is 4. The molecule has 0 unspecified atom stereocenters. The summed E-state index contributed by atoms with van der Waals surface area (Å²) in [5, 5.41) is 5.70. The van der Waals surface area contributed by atoms with Crippen LogP contribution in [0, 0.1) is 5.92 Å². The van der Waals surface area contributed by atoms with Gasteiger partial charge in [0.05, 0.1) is 17.9 Å². The van der Waals surface area contributed by atoms with E-state index < -0.39 is 0 Å². The molecule has 0 aliphatic rings. The van der Waals surface area contributed by atoms with Crippen LogP contribution in [0.25, 0.3) is 11.4 Å². The van der Waals surface area contributed by atoms with Crippen LogP contribution < -0.4 is 5.32 Å².